The van der Waals surface area contributed by atoms with Crippen LogP contribution >= 0.6 is 15.9 Å². The van der Waals surface area contributed by atoms with Crippen LogP contribution in [0.3, 0.4) is 0 Å². The van der Waals surface area contributed by atoms with Crippen molar-refractivity contribution >= 4 is 27.5 Å². The van der Waals surface area contributed by atoms with E-state index < -0.39 is 0 Å². The maximum absolute atomic E-state index is 12.0. The molecule has 4 nitrogen and oxygen atoms in total. The minimum Gasteiger partial charge on any atom is -0.444 e. The molecule has 1 N–H and O–H groups in total. The third-order valence-electron chi connectivity index (χ3n) is 2.57. The molecule has 2 rings (SSSR count). The Morgan fingerprint density at radius 3 is 2.61 bits per heavy atom. The number of amides is 1. The minimum atomic E-state index is -0.271. The number of aryl methyl sites for hydroxylation is 3. The summed E-state index contributed by atoms with van der Waals surface area (Å²) in [5, 5.41) is 2.79. The van der Waals surface area contributed by atoms with Crippen LogP contribution < -0.4 is 5.32 Å². The van der Waals surface area contributed by atoms with Crippen molar-refractivity contribution in [2.75, 3.05) is 5.32 Å². The second-order valence-electron chi connectivity index (χ2n) is 4.10. The zero-order chi connectivity index (χ0) is 13.3. The summed E-state index contributed by atoms with van der Waals surface area (Å²) in [6.45, 7) is 5.59. The van der Waals surface area contributed by atoms with Crippen molar-refractivity contribution in [3.63, 3.8) is 0 Å². The van der Waals surface area contributed by atoms with Gasteiger partial charge in [-0.1, -0.05) is 0 Å². The Morgan fingerprint density at radius 2 is 2.06 bits per heavy atom. The second kappa shape index (κ2) is 4.94. The molecule has 0 aliphatic rings. The molecule has 94 valence electrons. The minimum absolute atomic E-state index is 0.271. The van der Waals surface area contributed by atoms with Gasteiger partial charge in [0.15, 0.2) is 10.4 Å². The molecule has 2 aromatic heterocycles. The molecule has 0 fully saturated rings. The number of furan rings is 1. The van der Waals surface area contributed by atoms with Crippen molar-refractivity contribution in [3.05, 3.63) is 45.6 Å². The first-order valence-electron chi connectivity index (χ1n) is 5.49. The number of halogens is 1. The zero-order valence-corrected chi connectivity index (χ0v) is 12.0. The molecule has 2 aromatic rings. The third-order valence-corrected chi connectivity index (χ3v) is 2.96. The predicted octanol–water partition coefficient (Wildman–Crippen LogP) is 3.61. The number of carbonyl (C=O) groups excluding carboxylic acids is 1. The lowest BCUT2D eigenvalue weighted by molar-refractivity contribution is 0.0994. The van der Waals surface area contributed by atoms with Gasteiger partial charge in [-0.15, -0.1) is 0 Å². The van der Waals surface area contributed by atoms with E-state index in [4.69, 9.17) is 4.42 Å². The van der Waals surface area contributed by atoms with Gasteiger partial charge in [0.05, 0.1) is 11.4 Å². The molecule has 0 aromatic carbocycles. The monoisotopic (exact) mass is 308 g/mol. The third kappa shape index (κ3) is 2.61. The summed E-state index contributed by atoms with van der Waals surface area (Å²) in [5.74, 6) is 0.0359. The van der Waals surface area contributed by atoms with E-state index in [2.05, 4.69) is 26.2 Å². The van der Waals surface area contributed by atoms with Gasteiger partial charge in [-0.05, 0) is 54.9 Å². The number of anilines is 1. The summed E-state index contributed by atoms with van der Waals surface area (Å²) in [5.41, 5.74) is 3.18. The quantitative estimate of drug-likeness (QED) is 0.922. The first-order chi connectivity index (χ1) is 8.47. The molecule has 0 atom stereocenters. The number of nitrogens with one attached hydrogen (secondary N) is 1. The highest BCUT2D eigenvalue weighted by Gasteiger charge is 2.16. The topological polar surface area (TPSA) is 55.1 Å². The molecule has 18 heavy (non-hydrogen) atoms. The van der Waals surface area contributed by atoms with Crippen LogP contribution in [0.1, 0.15) is 27.5 Å². The fraction of sp³-hybridized carbons (Fsp3) is 0.231. The van der Waals surface area contributed by atoms with Gasteiger partial charge in [0.2, 0.25) is 0 Å². The van der Waals surface area contributed by atoms with Crippen LogP contribution in [0, 0.1) is 20.8 Å². The van der Waals surface area contributed by atoms with Crippen LogP contribution in [0.25, 0.3) is 0 Å². The van der Waals surface area contributed by atoms with Crippen molar-refractivity contribution < 1.29 is 9.21 Å². The van der Waals surface area contributed by atoms with Gasteiger partial charge in [0.25, 0.3) is 5.91 Å². The Kier molecular flexibility index (Phi) is 3.52. The molecule has 0 saturated heterocycles. The number of hydrogen-bond donors (Lipinski definition) is 1. The van der Waals surface area contributed by atoms with E-state index in [1.54, 1.807) is 6.07 Å². The van der Waals surface area contributed by atoms with Crippen LogP contribution in [0.5, 0.6) is 0 Å². The molecule has 0 bridgehead atoms. The zero-order valence-electron chi connectivity index (χ0n) is 10.4. The first kappa shape index (κ1) is 12.8. The van der Waals surface area contributed by atoms with Crippen LogP contribution in [0.15, 0.2) is 27.3 Å². The normalized spacial score (nSPS) is 10.4. The second-order valence-corrected chi connectivity index (χ2v) is 4.88. The van der Waals surface area contributed by atoms with Crippen molar-refractivity contribution in [2.45, 2.75) is 20.8 Å². The maximum Gasteiger partial charge on any atom is 0.291 e. The van der Waals surface area contributed by atoms with E-state index in [1.165, 1.54) is 0 Å². The smallest absolute Gasteiger partial charge is 0.291 e. The van der Waals surface area contributed by atoms with E-state index >= 15 is 0 Å². The summed E-state index contributed by atoms with van der Waals surface area (Å²) >= 11 is 3.20. The molecule has 0 radical (unpaired) electrons. The highest BCUT2D eigenvalue weighted by atomic mass is 79.9. The molecular formula is C13H13BrN2O2. The van der Waals surface area contributed by atoms with Crippen LogP contribution in [0.4, 0.5) is 5.69 Å². The number of pyridine rings is 1. The summed E-state index contributed by atoms with van der Waals surface area (Å²) in [4.78, 5) is 16.3. The summed E-state index contributed by atoms with van der Waals surface area (Å²) < 4.78 is 5.84. The van der Waals surface area contributed by atoms with Crippen molar-refractivity contribution in [2.24, 2.45) is 0 Å². The highest BCUT2D eigenvalue weighted by molar-refractivity contribution is 9.10. The Labute approximate surface area is 114 Å². The van der Waals surface area contributed by atoms with Gasteiger partial charge >= 0.3 is 0 Å². The largest absolute Gasteiger partial charge is 0.444 e. The molecule has 5 heteroatoms. The summed E-state index contributed by atoms with van der Waals surface area (Å²) in [6, 6.07) is 5.45. The van der Waals surface area contributed by atoms with Crippen LogP contribution in [0.2, 0.25) is 0 Å². The average Bonchev–Trinajstić information content (AvgIpc) is 2.62. The fourth-order valence-corrected chi connectivity index (χ4v) is 2.17. The molecule has 0 aliphatic heterocycles. The van der Waals surface area contributed by atoms with Gasteiger partial charge in [0.1, 0.15) is 0 Å². The van der Waals surface area contributed by atoms with Crippen molar-refractivity contribution in [1.29, 1.82) is 0 Å². The first-order valence-corrected chi connectivity index (χ1v) is 6.28. The lowest BCUT2D eigenvalue weighted by atomic mass is 10.2. The lowest BCUT2D eigenvalue weighted by Crippen LogP contribution is -2.13. The van der Waals surface area contributed by atoms with E-state index in [9.17, 15) is 4.79 Å². The Hall–Kier alpha value is -1.62. The molecular weight excluding hydrogens is 296 g/mol. The number of rotatable bonds is 2. The van der Waals surface area contributed by atoms with Crippen molar-refractivity contribution in [3.8, 4) is 0 Å². The molecule has 0 saturated carbocycles. The van der Waals surface area contributed by atoms with E-state index in [-0.39, 0.29) is 5.91 Å². The molecule has 2 heterocycles. The maximum atomic E-state index is 12.0. The van der Waals surface area contributed by atoms with Gasteiger partial charge in [-0.25, -0.2) is 0 Å². The Bertz CT molecular complexity index is 605. The van der Waals surface area contributed by atoms with E-state index in [1.807, 2.05) is 32.9 Å². The predicted molar refractivity (Wildman–Crippen MR) is 72.8 cm³/mol. The fourth-order valence-electron chi connectivity index (χ4n) is 1.67. The number of carbonyl (C=O) groups is 1. The van der Waals surface area contributed by atoms with Crippen molar-refractivity contribution in [1.82, 2.24) is 4.98 Å². The lowest BCUT2D eigenvalue weighted by Gasteiger charge is -2.07. The number of hydrogen-bond acceptors (Lipinski definition) is 3. The van der Waals surface area contributed by atoms with Gasteiger partial charge in [0, 0.05) is 11.3 Å². The Morgan fingerprint density at radius 1 is 1.33 bits per heavy atom. The van der Waals surface area contributed by atoms with Gasteiger partial charge in [-0.3, -0.25) is 9.78 Å². The van der Waals surface area contributed by atoms with Gasteiger partial charge in [-0.2, -0.15) is 0 Å². The van der Waals surface area contributed by atoms with Crippen LogP contribution in [-0.2, 0) is 0 Å². The number of aromatic nitrogens is 1. The standard InChI is InChI=1S/C13H13BrN2O2/c1-7-6-11(14)18-12(7)13(17)16-10-5-4-8(2)15-9(10)3/h4-6H,1-3H3,(H,16,17). The van der Waals surface area contributed by atoms with Crippen LogP contribution in [-0.4, -0.2) is 10.9 Å². The highest BCUT2D eigenvalue weighted by Crippen LogP contribution is 2.21. The summed E-state index contributed by atoms with van der Waals surface area (Å²) in [6.07, 6.45) is 0. The molecule has 0 aliphatic carbocycles. The molecule has 1 amide bonds. The average molecular weight is 309 g/mol. The van der Waals surface area contributed by atoms with E-state index in [0.717, 1.165) is 17.0 Å². The molecule has 0 spiro atoms. The molecule has 0 unspecified atom stereocenters. The SMILES string of the molecule is Cc1ccc(NC(=O)c2oc(Br)cc2C)c(C)n1. The summed E-state index contributed by atoms with van der Waals surface area (Å²) in [7, 11) is 0. The van der Waals surface area contributed by atoms with Gasteiger partial charge < -0.3 is 9.73 Å². The number of nitrogens with zero attached hydrogens (tertiary/aromatic N) is 1. The van der Waals surface area contributed by atoms with E-state index in [0.29, 0.717) is 16.1 Å². The Balaban J connectivity index is 2.24.